The molecule has 0 amide bonds. The van der Waals surface area contributed by atoms with Gasteiger partial charge >= 0.3 is 0 Å². The Labute approximate surface area is 247 Å². The summed E-state index contributed by atoms with van der Waals surface area (Å²) in [6.07, 6.45) is 0. The normalized spacial score (nSPS) is 11.4. The van der Waals surface area contributed by atoms with E-state index in [1.54, 1.807) is 17.4 Å². The number of nitrogens with zero attached hydrogens (tertiary/aromatic N) is 1. The summed E-state index contributed by atoms with van der Waals surface area (Å²) in [5.74, 6) is 0.237. The summed E-state index contributed by atoms with van der Waals surface area (Å²) in [7, 11) is 0. The summed E-state index contributed by atoms with van der Waals surface area (Å²) in [4.78, 5) is 4.82. The third-order valence-corrected chi connectivity index (χ3v) is 9.07. The van der Waals surface area contributed by atoms with Crippen molar-refractivity contribution in [2.75, 3.05) is 0 Å². The van der Waals surface area contributed by atoms with E-state index in [0.29, 0.717) is 0 Å². The van der Waals surface area contributed by atoms with E-state index in [9.17, 15) is 5.11 Å². The molecule has 3 heteroatoms. The second kappa shape index (κ2) is 9.99. The number of hydrogen-bond acceptors (Lipinski definition) is 3. The van der Waals surface area contributed by atoms with E-state index >= 15 is 0 Å². The summed E-state index contributed by atoms with van der Waals surface area (Å²) in [5, 5.41) is 16.6. The van der Waals surface area contributed by atoms with E-state index in [1.165, 1.54) is 43.8 Å². The zero-order valence-electron chi connectivity index (χ0n) is 22.7. The summed E-state index contributed by atoms with van der Waals surface area (Å²) < 4.78 is 1.11. The minimum Gasteiger partial charge on any atom is -0.507 e. The zero-order chi connectivity index (χ0) is 28.0. The number of phenolic OH excluding ortho intramolecular Hbond substituents is 1. The van der Waals surface area contributed by atoms with Gasteiger partial charge in [-0.1, -0.05) is 115 Å². The van der Waals surface area contributed by atoms with Crippen molar-refractivity contribution in [3.63, 3.8) is 0 Å². The molecule has 0 atom stereocenters. The maximum atomic E-state index is 10.9. The number of aromatic nitrogens is 1. The third-order valence-electron chi connectivity index (χ3n) is 8.00. The molecule has 0 saturated heterocycles. The Morgan fingerprint density at radius 2 is 1.00 bits per heavy atom. The van der Waals surface area contributed by atoms with E-state index in [4.69, 9.17) is 4.98 Å². The Balaban J connectivity index is 1.40. The molecule has 2 nitrogen and oxygen atoms in total. The molecule has 8 rings (SSSR count). The second-order valence-corrected chi connectivity index (χ2v) is 11.5. The smallest absolute Gasteiger partial charge is 0.128 e. The monoisotopic (exact) mass is 555 g/mol. The van der Waals surface area contributed by atoms with E-state index in [1.807, 2.05) is 24.3 Å². The van der Waals surface area contributed by atoms with Gasteiger partial charge in [0.15, 0.2) is 0 Å². The van der Waals surface area contributed by atoms with Crippen LogP contribution in [-0.2, 0) is 0 Å². The van der Waals surface area contributed by atoms with Crippen LogP contribution < -0.4 is 0 Å². The molecule has 0 aliphatic rings. The Bertz CT molecular complexity index is 2220. The van der Waals surface area contributed by atoms with E-state index in [2.05, 4.69) is 115 Å². The molecule has 0 aliphatic heterocycles. The van der Waals surface area contributed by atoms with Crippen LogP contribution in [0.4, 0.5) is 0 Å². The first kappa shape index (κ1) is 24.5. The van der Waals surface area contributed by atoms with Crippen molar-refractivity contribution in [1.82, 2.24) is 4.98 Å². The first-order valence-electron chi connectivity index (χ1n) is 14.0. The maximum absolute atomic E-state index is 10.9. The molecule has 198 valence electrons. The lowest BCUT2D eigenvalue weighted by atomic mass is 9.85. The number of para-hydroxylation sites is 1. The average molecular weight is 556 g/mol. The first-order valence-corrected chi connectivity index (χ1v) is 14.8. The summed E-state index contributed by atoms with van der Waals surface area (Å²) in [6, 6.07) is 50.8. The number of hydrogen-bond donors (Lipinski definition) is 1. The SMILES string of the molecule is Oc1ccc(-c2ccc3c(-c4ccccc4)c4ccccc4c(-c4ccccc4)c3c2)cc1-c1nc2ccccc2s1. The molecule has 42 heavy (non-hydrogen) atoms. The van der Waals surface area contributed by atoms with Crippen LogP contribution in [0.5, 0.6) is 5.75 Å². The van der Waals surface area contributed by atoms with E-state index < -0.39 is 0 Å². The fourth-order valence-corrected chi connectivity index (χ4v) is 7.05. The van der Waals surface area contributed by atoms with Crippen molar-refractivity contribution in [3.8, 4) is 49.7 Å². The first-order chi connectivity index (χ1) is 20.7. The van der Waals surface area contributed by atoms with E-state index in [0.717, 1.165) is 31.9 Å². The second-order valence-electron chi connectivity index (χ2n) is 10.5. The number of fused-ring (bicyclic) bond motifs is 3. The summed E-state index contributed by atoms with van der Waals surface area (Å²) in [5.41, 5.74) is 8.70. The maximum Gasteiger partial charge on any atom is 0.128 e. The molecule has 0 spiro atoms. The zero-order valence-corrected chi connectivity index (χ0v) is 23.5. The van der Waals surface area contributed by atoms with Gasteiger partial charge in [-0.2, -0.15) is 0 Å². The number of aromatic hydroxyl groups is 1. The minimum absolute atomic E-state index is 0.237. The molecule has 0 aliphatic carbocycles. The van der Waals surface area contributed by atoms with Crippen LogP contribution in [0.3, 0.4) is 0 Å². The highest BCUT2D eigenvalue weighted by molar-refractivity contribution is 7.21. The van der Waals surface area contributed by atoms with Gasteiger partial charge in [-0.3, -0.25) is 0 Å². The van der Waals surface area contributed by atoms with Crippen molar-refractivity contribution < 1.29 is 5.11 Å². The summed E-state index contributed by atoms with van der Waals surface area (Å²) in [6.45, 7) is 0. The largest absolute Gasteiger partial charge is 0.507 e. The Morgan fingerprint density at radius 1 is 0.452 bits per heavy atom. The third kappa shape index (κ3) is 4.06. The number of phenols is 1. The molecular formula is C39H25NOS. The number of thiazole rings is 1. The number of benzene rings is 7. The van der Waals surface area contributed by atoms with Crippen molar-refractivity contribution in [3.05, 3.63) is 146 Å². The van der Waals surface area contributed by atoms with Crippen LogP contribution in [-0.4, -0.2) is 10.1 Å². The predicted molar refractivity (Wildman–Crippen MR) is 178 cm³/mol. The Morgan fingerprint density at radius 3 is 1.69 bits per heavy atom. The van der Waals surface area contributed by atoms with Gasteiger partial charge < -0.3 is 5.11 Å². The lowest BCUT2D eigenvalue weighted by Gasteiger charge is -2.19. The van der Waals surface area contributed by atoms with Crippen molar-refractivity contribution in [2.24, 2.45) is 0 Å². The standard InChI is InChI=1S/C39H25NOS/c41-35-22-20-28(24-33(35)39-40-34-17-9-10-18-36(34)42-39)27-19-21-31-32(23-27)38(26-13-5-2-6-14-26)30-16-8-7-15-29(30)37(31)25-11-3-1-4-12-25/h1-24,41H. The highest BCUT2D eigenvalue weighted by atomic mass is 32.1. The van der Waals surface area contributed by atoms with Crippen molar-refractivity contribution >= 4 is 43.1 Å². The van der Waals surface area contributed by atoms with Crippen LogP contribution in [0.25, 0.3) is 75.7 Å². The highest BCUT2D eigenvalue weighted by Crippen LogP contribution is 2.45. The van der Waals surface area contributed by atoms with Gasteiger partial charge in [0.25, 0.3) is 0 Å². The van der Waals surface area contributed by atoms with Crippen LogP contribution in [0.1, 0.15) is 0 Å². The minimum atomic E-state index is 0.237. The fraction of sp³-hybridized carbons (Fsp3) is 0. The van der Waals surface area contributed by atoms with Gasteiger partial charge in [-0.05, 0) is 85.3 Å². The van der Waals surface area contributed by atoms with E-state index in [-0.39, 0.29) is 5.75 Å². The fourth-order valence-electron chi connectivity index (χ4n) is 6.06. The lowest BCUT2D eigenvalue weighted by molar-refractivity contribution is 0.477. The van der Waals surface area contributed by atoms with Gasteiger partial charge in [0.2, 0.25) is 0 Å². The molecule has 0 fully saturated rings. The van der Waals surface area contributed by atoms with Crippen molar-refractivity contribution in [1.29, 1.82) is 0 Å². The highest BCUT2D eigenvalue weighted by Gasteiger charge is 2.18. The Hall–Kier alpha value is -5.25. The molecule has 0 saturated carbocycles. The molecule has 0 radical (unpaired) electrons. The predicted octanol–water partition coefficient (Wildman–Crippen LogP) is 11.0. The van der Waals surface area contributed by atoms with Gasteiger partial charge in [0.1, 0.15) is 10.8 Å². The number of rotatable bonds is 4. The Kier molecular flexibility index (Phi) is 5.83. The molecule has 1 aromatic heterocycles. The topological polar surface area (TPSA) is 33.1 Å². The molecule has 0 unspecified atom stereocenters. The molecular weight excluding hydrogens is 531 g/mol. The lowest BCUT2D eigenvalue weighted by Crippen LogP contribution is -1.91. The quantitative estimate of drug-likeness (QED) is 0.219. The molecule has 1 N–H and O–H groups in total. The van der Waals surface area contributed by atoms with Crippen molar-refractivity contribution in [2.45, 2.75) is 0 Å². The van der Waals surface area contributed by atoms with Gasteiger partial charge in [0.05, 0.1) is 15.8 Å². The van der Waals surface area contributed by atoms with Crippen LogP contribution in [0.15, 0.2) is 146 Å². The van der Waals surface area contributed by atoms with Crippen LogP contribution >= 0.6 is 11.3 Å². The van der Waals surface area contributed by atoms with Crippen LogP contribution in [0, 0.1) is 0 Å². The van der Waals surface area contributed by atoms with Crippen LogP contribution in [0.2, 0.25) is 0 Å². The molecule has 8 aromatic rings. The van der Waals surface area contributed by atoms with Gasteiger partial charge in [-0.25, -0.2) is 4.98 Å². The average Bonchev–Trinajstić information content (AvgIpc) is 3.48. The van der Waals surface area contributed by atoms with Gasteiger partial charge in [0, 0.05) is 0 Å². The molecule has 1 heterocycles. The molecule has 7 aromatic carbocycles. The summed E-state index contributed by atoms with van der Waals surface area (Å²) >= 11 is 1.60. The molecule has 0 bridgehead atoms. The van der Waals surface area contributed by atoms with Gasteiger partial charge in [-0.15, -0.1) is 11.3 Å².